The molecule has 0 bridgehead atoms. The van der Waals surface area contributed by atoms with E-state index in [1.54, 1.807) is 24.3 Å². The highest BCUT2D eigenvalue weighted by molar-refractivity contribution is 5.92. The van der Waals surface area contributed by atoms with Gasteiger partial charge in [-0.2, -0.15) is 0 Å². The van der Waals surface area contributed by atoms with Crippen molar-refractivity contribution in [1.29, 1.82) is 0 Å². The highest BCUT2D eigenvalue weighted by atomic mass is 19.1. The molecule has 0 aliphatic rings. The van der Waals surface area contributed by atoms with E-state index in [2.05, 4.69) is 34.9 Å². The maximum absolute atomic E-state index is 14.2. The van der Waals surface area contributed by atoms with Crippen LogP contribution >= 0.6 is 0 Å². The molecule has 4 aromatic rings. The molecule has 196 valence electrons. The Balaban J connectivity index is 1.49. The average Bonchev–Trinajstić information content (AvgIpc) is 2.94. The molecule has 0 aromatic heterocycles. The van der Waals surface area contributed by atoms with Crippen molar-refractivity contribution in [3.05, 3.63) is 143 Å². The Morgan fingerprint density at radius 3 is 1.39 bits per heavy atom. The Morgan fingerprint density at radius 2 is 1.00 bits per heavy atom. The Hall–Kier alpha value is -3.67. The first-order chi connectivity index (χ1) is 18.6. The first-order valence-corrected chi connectivity index (χ1v) is 13.1. The summed E-state index contributed by atoms with van der Waals surface area (Å²) in [7, 11) is 0. The number of Topliss-reactive ketones (excluding diaryl/α,β-unsaturated/α-hetero) is 1. The molecule has 38 heavy (non-hydrogen) atoms. The van der Waals surface area contributed by atoms with E-state index in [0.717, 1.165) is 12.8 Å². The second-order valence-corrected chi connectivity index (χ2v) is 9.50. The highest BCUT2D eigenvalue weighted by Gasteiger charge is 2.29. The van der Waals surface area contributed by atoms with Gasteiger partial charge in [0, 0.05) is 13.1 Å². The van der Waals surface area contributed by atoms with Gasteiger partial charge in [-0.15, -0.1) is 0 Å². The zero-order valence-electron chi connectivity index (χ0n) is 21.5. The molecule has 5 heteroatoms. The summed E-state index contributed by atoms with van der Waals surface area (Å²) in [4.78, 5) is 14.1. The van der Waals surface area contributed by atoms with E-state index in [9.17, 15) is 13.6 Å². The van der Waals surface area contributed by atoms with Crippen LogP contribution in [0, 0.1) is 11.6 Å². The van der Waals surface area contributed by atoms with Gasteiger partial charge in [0.05, 0.1) is 11.8 Å². The Labute approximate surface area is 223 Å². The number of carbonyl (C=O) groups is 1. The zero-order chi connectivity index (χ0) is 26.6. The van der Waals surface area contributed by atoms with Crippen LogP contribution in [0.1, 0.15) is 34.1 Å². The van der Waals surface area contributed by atoms with Crippen LogP contribution < -0.4 is 10.6 Å². The molecule has 3 nitrogen and oxygen atoms in total. The molecule has 0 radical (unpaired) electrons. The third-order valence-electron chi connectivity index (χ3n) is 6.75. The highest BCUT2D eigenvalue weighted by Crippen LogP contribution is 2.27. The van der Waals surface area contributed by atoms with Crippen molar-refractivity contribution >= 4 is 5.78 Å². The van der Waals surface area contributed by atoms with Crippen LogP contribution in [0.15, 0.2) is 109 Å². The number of halogens is 2. The predicted molar refractivity (Wildman–Crippen MR) is 149 cm³/mol. The number of nitrogens with one attached hydrogen (secondary N) is 2. The van der Waals surface area contributed by atoms with Crippen LogP contribution in [0.3, 0.4) is 0 Å². The van der Waals surface area contributed by atoms with Crippen molar-refractivity contribution < 1.29 is 13.6 Å². The summed E-state index contributed by atoms with van der Waals surface area (Å²) in [6.45, 7) is 2.10. The molecule has 2 N–H and O–H groups in total. The van der Waals surface area contributed by atoms with Gasteiger partial charge in [0.2, 0.25) is 0 Å². The van der Waals surface area contributed by atoms with Crippen molar-refractivity contribution in [2.24, 2.45) is 0 Å². The lowest BCUT2D eigenvalue weighted by atomic mass is 9.83. The second-order valence-electron chi connectivity index (χ2n) is 9.50. The third kappa shape index (κ3) is 8.17. The molecule has 0 saturated carbocycles. The zero-order valence-corrected chi connectivity index (χ0v) is 21.5. The molecule has 0 aliphatic carbocycles. The van der Waals surface area contributed by atoms with Gasteiger partial charge in [0.15, 0.2) is 0 Å². The van der Waals surface area contributed by atoms with Crippen LogP contribution in [0.25, 0.3) is 0 Å². The SMILES string of the molecule is O=C(C(CNCCc1ccccc1)c1cccc(F)c1)C(CNCCc1ccccc1)c1cccc(F)c1. The third-order valence-corrected chi connectivity index (χ3v) is 6.75. The molecule has 4 aromatic carbocycles. The number of hydrogen-bond donors (Lipinski definition) is 2. The quantitative estimate of drug-likeness (QED) is 0.202. The molecule has 0 aliphatic heterocycles. The maximum Gasteiger partial charge on any atom is 0.150 e. The van der Waals surface area contributed by atoms with Gasteiger partial charge in [0.25, 0.3) is 0 Å². The first-order valence-electron chi connectivity index (χ1n) is 13.1. The molecule has 4 rings (SSSR count). The summed E-state index contributed by atoms with van der Waals surface area (Å²) >= 11 is 0. The second kappa shape index (κ2) is 14.3. The summed E-state index contributed by atoms with van der Waals surface area (Å²) in [5.74, 6) is -1.99. The smallest absolute Gasteiger partial charge is 0.150 e. The minimum Gasteiger partial charge on any atom is -0.315 e. The average molecular weight is 513 g/mol. The van der Waals surface area contributed by atoms with E-state index in [0.29, 0.717) is 37.3 Å². The van der Waals surface area contributed by atoms with Crippen LogP contribution in [0.2, 0.25) is 0 Å². The number of hydrogen-bond acceptors (Lipinski definition) is 3. The van der Waals surface area contributed by atoms with Gasteiger partial charge in [-0.3, -0.25) is 4.79 Å². The lowest BCUT2D eigenvalue weighted by molar-refractivity contribution is -0.121. The molecule has 0 heterocycles. The van der Waals surface area contributed by atoms with Gasteiger partial charge in [-0.1, -0.05) is 84.9 Å². The van der Waals surface area contributed by atoms with E-state index in [-0.39, 0.29) is 17.4 Å². The largest absolute Gasteiger partial charge is 0.315 e. The monoisotopic (exact) mass is 512 g/mol. The van der Waals surface area contributed by atoms with Crippen molar-refractivity contribution in [2.75, 3.05) is 26.2 Å². The van der Waals surface area contributed by atoms with Gasteiger partial charge in [-0.25, -0.2) is 8.78 Å². The van der Waals surface area contributed by atoms with E-state index in [4.69, 9.17) is 0 Å². The Kier molecular flexibility index (Phi) is 10.3. The molecule has 2 atom stereocenters. The topological polar surface area (TPSA) is 41.1 Å². The van der Waals surface area contributed by atoms with E-state index >= 15 is 0 Å². The Morgan fingerprint density at radius 1 is 0.579 bits per heavy atom. The van der Waals surface area contributed by atoms with Crippen LogP contribution in [-0.2, 0) is 17.6 Å². The Bertz CT molecular complexity index is 1180. The molecule has 0 fully saturated rings. The molecular weight excluding hydrogens is 478 g/mol. The normalized spacial score (nSPS) is 12.7. The lowest BCUT2D eigenvalue weighted by Gasteiger charge is -2.24. The van der Waals surface area contributed by atoms with Gasteiger partial charge in [-0.05, 0) is 72.5 Å². The van der Waals surface area contributed by atoms with Gasteiger partial charge >= 0.3 is 0 Å². The number of ketones is 1. The fourth-order valence-corrected chi connectivity index (χ4v) is 4.70. The minimum absolute atomic E-state index is 0.0689. The summed E-state index contributed by atoms with van der Waals surface area (Å²) in [6, 6.07) is 32.7. The van der Waals surface area contributed by atoms with Gasteiger partial charge < -0.3 is 10.6 Å². The van der Waals surface area contributed by atoms with Crippen molar-refractivity contribution in [3.8, 4) is 0 Å². The summed E-state index contributed by atoms with van der Waals surface area (Å²) in [6.07, 6.45) is 1.64. The van der Waals surface area contributed by atoms with Crippen molar-refractivity contribution in [2.45, 2.75) is 24.7 Å². The summed E-state index contributed by atoms with van der Waals surface area (Å²) < 4.78 is 28.4. The molecular formula is C33H34F2N2O. The fourth-order valence-electron chi connectivity index (χ4n) is 4.70. The number of carbonyl (C=O) groups excluding carboxylic acids is 1. The van der Waals surface area contributed by atoms with Crippen LogP contribution in [0.5, 0.6) is 0 Å². The summed E-state index contributed by atoms with van der Waals surface area (Å²) in [5, 5.41) is 6.80. The van der Waals surface area contributed by atoms with E-state index in [1.165, 1.54) is 35.4 Å². The molecule has 0 spiro atoms. The fraction of sp³-hybridized carbons (Fsp3) is 0.242. The van der Waals surface area contributed by atoms with Crippen LogP contribution in [0.4, 0.5) is 8.78 Å². The van der Waals surface area contributed by atoms with E-state index < -0.39 is 11.8 Å². The number of rotatable bonds is 14. The first kappa shape index (κ1) is 27.4. The minimum atomic E-state index is -0.578. The molecule has 0 saturated heterocycles. The van der Waals surface area contributed by atoms with Crippen molar-refractivity contribution in [1.82, 2.24) is 10.6 Å². The standard InChI is InChI=1S/C33H34F2N2O/c34-29-15-7-13-27(21-29)31(23-36-19-17-25-9-3-1-4-10-25)33(38)32(28-14-8-16-30(35)22-28)24-37-20-18-26-11-5-2-6-12-26/h1-16,21-22,31-32,36-37H,17-20,23-24H2. The summed E-state index contributed by atoms with van der Waals surface area (Å²) in [5.41, 5.74) is 3.64. The van der Waals surface area contributed by atoms with Crippen molar-refractivity contribution in [3.63, 3.8) is 0 Å². The van der Waals surface area contributed by atoms with E-state index in [1.807, 2.05) is 36.4 Å². The molecule has 0 amide bonds. The maximum atomic E-state index is 14.2. The van der Waals surface area contributed by atoms with Gasteiger partial charge in [0.1, 0.15) is 17.4 Å². The molecule has 2 unspecified atom stereocenters. The lowest BCUT2D eigenvalue weighted by Crippen LogP contribution is -2.35. The number of benzene rings is 4. The van der Waals surface area contributed by atoms with Crippen LogP contribution in [-0.4, -0.2) is 32.0 Å². The predicted octanol–water partition coefficient (Wildman–Crippen LogP) is 6.07.